The summed E-state index contributed by atoms with van der Waals surface area (Å²) in [5.41, 5.74) is 0.632. The number of rotatable bonds is 7. The van der Waals surface area contributed by atoms with E-state index in [1.807, 2.05) is 0 Å². The summed E-state index contributed by atoms with van der Waals surface area (Å²) in [4.78, 5) is 14.1. The van der Waals surface area contributed by atoms with Crippen LogP contribution in [0, 0.1) is 0 Å². The standard InChI is InChI=1S/C14H22N2O3/c1-15(2)10-4-5-11-19-13-8-6-12(7-9-13)16(3)14(17)18/h6-9H,4-5,10-11H2,1-3H3,(H,17,18). The maximum atomic E-state index is 10.8. The Kier molecular flexibility index (Phi) is 6.15. The van der Waals surface area contributed by atoms with E-state index in [4.69, 9.17) is 9.84 Å². The summed E-state index contributed by atoms with van der Waals surface area (Å²) in [6.07, 6.45) is 1.14. The SMILES string of the molecule is CN(C)CCCCOc1ccc(N(C)C(=O)O)cc1. The average molecular weight is 266 g/mol. The number of hydrogen-bond acceptors (Lipinski definition) is 3. The molecule has 0 unspecified atom stereocenters. The number of carboxylic acid groups (broad SMARTS) is 1. The molecule has 1 N–H and O–H groups in total. The molecule has 0 saturated carbocycles. The first-order valence-corrected chi connectivity index (χ1v) is 6.35. The highest BCUT2D eigenvalue weighted by Gasteiger charge is 2.07. The summed E-state index contributed by atoms with van der Waals surface area (Å²) in [6.45, 7) is 1.74. The summed E-state index contributed by atoms with van der Waals surface area (Å²) in [6, 6.07) is 7.06. The molecule has 0 aromatic heterocycles. The monoisotopic (exact) mass is 266 g/mol. The number of ether oxygens (including phenoxy) is 1. The first kappa shape index (κ1) is 15.3. The Morgan fingerprint density at radius 2 is 1.79 bits per heavy atom. The summed E-state index contributed by atoms with van der Waals surface area (Å²) in [7, 11) is 5.62. The molecule has 5 nitrogen and oxygen atoms in total. The molecule has 1 aromatic rings. The van der Waals surface area contributed by atoms with Crippen LogP contribution in [0.3, 0.4) is 0 Å². The number of anilines is 1. The Labute approximate surface area is 114 Å². The first-order chi connectivity index (χ1) is 9.00. The third-order valence-corrected chi connectivity index (χ3v) is 2.78. The van der Waals surface area contributed by atoms with Crippen LogP contribution in [0.5, 0.6) is 5.75 Å². The fraction of sp³-hybridized carbons (Fsp3) is 0.500. The highest BCUT2D eigenvalue weighted by molar-refractivity contribution is 5.85. The maximum absolute atomic E-state index is 10.8. The van der Waals surface area contributed by atoms with E-state index >= 15 is 0 Å². The number of carbonyl (C=O) groups is 1. The highest BCUT2D eigenvalue weighted by Crippen LogP contribution is 2.18. The molecule has 0 fully saturated rings. The van der Waals surface area contributed by atoms with E-state index < -0.39 is 6.09 Å². The summed E-state index contributed by atoms with van der Waals surface area (Å²) < 4.78 is 5.60. The van der Waals surface area contributed by atoms with Gasteiger partial charge in [0.1, 0.15) is 5.75 Å². The van der Waals surface area contributed by atoms with Crippen LogP contribution in [0.1, 0.15) is 12.8 Å². The second-order valence-corrected chi connectivity index (χ2v) is 4.69. The zero-order valence-corrected chi connectivity index (χ0v) is 11.8. The number of hydrogen-bond donors (Lipinski definition) is 1. The van der Waals surface area contributed by atoms with Crippen molar-refractivity contribution in [1.82, 2.24) is 4.90 Å². The zero-order chi connectivity index (χ0) is 14.3. The van der Waals surface area contributed by atoms with Crippen LogP contribution in [0.4, 0.5) is 10.5 Å². The molecule has 0 bridgehead atoms. The quantitative estimate of drug-likeness (QED) is 0.770. The van der Waals surface area contributed by atoms with Gasteiger partial charge in [0.05, 0.1) is 6.61 Å². The fourth-order valence-electron chi connectivity index (χ4n) is 1.60. The van der Waals surface area contributed by atoms with Crippen molar-refractivity contribution in [2.75, 3.05) is 39.2 Å². The molecule has 1 aromatic carbocycles. The Morgan fingerprint density at radius 1 is 1.16 bits per heavy atom. The van der Waals surface area contributed by atoms with Crippen LogP contribution in [0.25, 0.3) is 0 Å². The van der Waals surface area contributed by atoms with Crippen molar-refractivity contribution in [1.29, 1.82) is 0 Å². The van der Waals surface area contributed by atoms with Crippen LogP contribution < -0.4 is 9.64 Å². The van der Waals surface area contributed by atoms with E-state index in [0.717, 1.165) is 25.1 Å². The molecule has 106 valence electrons. The number of amides is 1. The van der Waals surface area contributed by atoms with Gasteiger partial charge in [-0.3, -0.25) is 4.90 Å². The number of unbranched alkanes of at least 4 members (excludes halogenated alkanes) is 1. The van der Waals surface area contributed by atoms with Gasteiger partial charge in [-0.25, -0.2) is 4.79 Å². The van der Waals surface area contributed by atoms with Crippen molar-refractivity contribution in [2.45, 2.75) is 12.8 Å². The highest BCUT2D eigenvalue weighted by atomic mass is 16.5. The van der Waals surface area contributed by atoms with E-state index in [2.05, 4.69) is 19.0 Å². The Balaban J connectivity index is 2.34. The largest absolute Gasteiger partial charge is 0.494 e. The smallest absolute Gasteiger partial charge is 0.411 e. The van der Waals surface area contributed by atoms with E-state index in [9.17, 15) is 4.79 Å². The molecule has 0 saturated heterocycles. The molecule has 0 heterocycles. The predicted octanol–water partition coefficient (Wildman–Crippen LogP) is 2.52. The number of benzene rings is 1. The van der Waals surface area contributed by atoms with E-state index in [1.165, 1.54) is 11.9 Å². The topological polar surface area (TPSA) is 53.0 Å². The normalized spacial score (nSPS) is 10.5. The first-order valence-electron chi connectivity index (χ1n) is 6.35. The van der Waals surface area contributed by atoms with Gasteiger partial charge in [-0.2, -0.15) is 0 Å². The van der Waals surface area contributed by atoms with Crippen molar-refractivity contribution >= 4 is 11.8 Å². The van der Waals surface area contributed by atoms with Crippen LogP contribution >= 0.6 is 0 Å². The molecule has 0 aliphatic heterocycles. The average Bonchev–Trinajstić information content (AvgIpc) is 2.37. The van der Waals surface area contributed by atoms with Crippen molar-refractivity contribution in [2.24, 2.45) is 0 Å². The third-order valence-electron chi connectivity index (χ3n) is 2.78. The fourth-order valence-corrected chi connectivity index (χ4v) is 1.60. The number of nitrogens with zero attached hydrogens (tertiary/aromatic N) is 2. The lowest BCUT2D eigenvalue weighted by molar-refractivity contribution is 0.203. The van der Waals surface area contributed by atoms with Gasteiger partial charge in [0.25, 0.3) is 0 Å². The Hall–Kier alpha value is -1.75. The second-order valence-electron chi connectivity index (χ2n) is 4.69. The van der Waals surface area contributed by atoms with Gasteiger partial charge in [0.15, 0.2) is 0 Å². The molecule has 0 aliphatic carbocycles. The molecular formula is C14H22N2O3. The molecule has 19 heavy (non-hydrogen) atoms. The summed E-state index contributed by atoms with van der Waals surface area (Å²) >= 11 is 0. The van der Waals surface area contributed by atoms with Gasteiger partial charge < -0.3 is 14.7 Å². The minimum atomic E-state index is -0.975. The van der Waals surface area contributed by atoms with Crippen LogP contribution in [-0.2, 0) is 0 Å². The van der Waals surface area contributed by atoms with Gasteiger partial charge in [0.2, 0.25) is 0 Å². The summed E-state index contributed by atoms with van der Waals surface area (Å²) in [5, 5.41) is 8.84. The maximum Gasteiger partial charge on any atom is 0.411 e. The molecule has 5 heteroatoms. The van der Waals surface area contributed by atoms with Gasteiger partial charge >= 0.3 is 6.09 Å². The molecule has 0 spiro atoms. The Morgan fingerprint density at radius 3 is 2.32 bits per heavy atom. The minimum Gasteiger partial charge on any atom is -0.494 e. The van der Waals surface area contributed by atoms with Gasteiger partial charge in [-0.05, 0) is 57.7 Å². The molecule has 0 radical (unpaired) electrons. The van der Waals surface area contributed by atoms with E-state index in [1.54, 1.807) is 24.3 Å². The van der Waals surface area contributed by atoms with E-state index in [0.29, 0.717) is 12.3 Å². The third kappa shape index (κ3) is 5.61. The van der Waals surface area contributed by atoms with Crippen LogP contribution in [0.15, 0.2) is 24.3 Å². The van der Waals surface area contributed by atoms with Crippen molar-refractivity contribution in [3.63, 3.8) is 0 Å². The lowest BCUT2D eigenvalue weighted by atomic mass is 10.3. The van der Waals surface area contributed by atoms with Gasteiger partial charge in [-0.15, -0.1) is 0 Å². The van der Waals surface area contributed by atoms with Crippen LogP contribution in [-0.4, -0.2) is 50.4 Å². The van der Waals surface area contributed by atoms with Gasteiger partial charge in [-0.1, -0.05) is 0 Å². The second kappa shape index (κ2) is 7.63. The lowest BCUT2D eigenvalue weighted by Gasteiger charge is -2.14. The molecule has 0 aliphatic rings. The van der Waals surface area contributed by atoms with Crippen molar-refractivity contribution in [3.8, 4) is 5.75 Å². The molecular weight excluding hydrogens is 244 g/mol. The Bertz CT molecular complexity index is 390. The lowest BCUT2D eigenvalue weighted by Crippen LogP contribution is -2.23. The molecule has 1 amide bonds. The van der Waals surface area contributed by atoms with Gasteiger partial charge in [0, 0.05) is 12.7 Å². The van der Waals surface area contributed by atoms with E-state index in [-0.39, 0.29) is 0 Å². The van der Waals surface area contributed by atoms with Crippen molar-refractivity contribution < 1.29 is 14.6 Å². The van der Waals surface area contributed by atoms with Crippen LogP contribution in [0.2, 0.25) is 0 Å². The molecule has 1 rings (SSSR count). The molecule has 0 atom stereocenters. The summed E-state index contributed by atoms with van der Waals surface area (Å²) in [5.74, 6) is 0.771. The van der Waals surface area contributed by atoms with Crippen molar-refractivity contribution in [3.05, 3.63) is 24.3 Å². The minimum absolute atomic E-state index is 0.632. The zero-order valence-electron chi connectivity index (χ0n) is 11.8. The predicted molar refractivity (Wildman–Crippen MR) is 76.2 cm³/mol.